The number of piperazine rings is 1. The second kappa shape index (κ2) is 4.84. The van der Waals surface area contributed by atoms with Gasteiger partial charge in [-0.2, -0.15) is 0 Å². The number of nitrogens with zero attached hydrogens (tertiary/aromatic N) is 1. The molecule has 0 saturated carbocycles. The lowest BCUT2D eigenvalue weighted by Crippen LogP contribution is -2.52. The minimum absolute atomic E-state index is 0.0819. The van der Waals surface area contributed by atoms with Crippen molar-refractivity contribution in [2.45, 2.75) is 19.9 Å². The summed E-state index contributed by atoms with van der Waals surface area (Å²) in [5.74, 6) is -0.433. The number of carbonyl (C=O) groups excluding carboxylic acids is 1. The van der Waals surface area contributed by atoms with E-state index in [-0.39, 0.29) is 17.8 Å². The molecule has 92 valence electrons. The van der Waals surface area contributed by atoms with Gasteiger partial charge in [-0.15, -0.1) is 0 Å². The van der Waals surface area contributed by atoms with Crippen LogP contribution in [0.4, 0.5) is 4.39 Å². The number of nitrogens with one attached hydrogen (secondary N) is 1. The molecule has 1 aromatic carbocycles. The van der Waals surface area contributed by atoms with Crippen LogP contribution in [0.5, 0.6) is 0 Å². The molecule has 0 aromatic heterocycles. The Balaban J connectivity index is 2.23. The van der Waals surface area contributed by atoms with Gasteiger partial charge in [0.15, 0.2) is 0 Å². The Kier molecular flexibility index (Phi) is 3.43. The first-order chi connectivity index (χ1) is 8.08. The van der Waals surface area contributed by atoms with Gasteiger partial charge in [0.25, 0.3) is 5.91 Å². The van der Waals surface area contributed by atoms with Gasteiger partial charge in [-0.25, -0.2) is 4.39 Å². The summed E-state index contributed by atoms with van der Waals surface area (Å²) in [5.41, 5.74) is 1.22. The van der Waals surface area contributed by atoms with Gasteiger partial charge >= 0.3 is 0 Å². The molecule has 2 rings (SSSR count). The molecule has 4 heteroatoms. The van der Waals surface area contributed by atoms with Crippen molar-refractivity contribution in [3.05, 3.63) is 35.1 Å². The number of benzene rings is 1. The number of rotatable bonds is 1. The number of hydrogen-bond acceptors (Lipinski definition) is 2. The van der Waals surface area contributed by atoms with E-state index in [0.717, 1.165) is 18.7 Å². The fourth-order valence-electron chi connectivity index (χ4n) is 2.17. The van der Waals surface area contributed by atoms with Crippen LogP contribution in [-0.4, -0.2) is 36.5 Å². The number of hydrogen-bond donors (Lipinski definition) is 1. The third-order valence-corrected chi connectivity index (χ3v) is 3.05. The van der Waals surface area contributed by atoms with Crippen molar-refractivity contribution in [3.63, 3.8) is 0 Å². The highest BCUT2D eigenvalue weighted by Gasteiger charge is 2.24. The molecule has 3 nitrogen and oxygen atoms in total. The van der Waals surface area contributed by atoms with Crippen LogP contribution >= 0.6 is 0 Å². The van der Waals surface area contributed by atoms with Gasteiger partial charge in [0.2, 0.25) is 0 Å². The summed E-state index contributed by atoms with van der Waals surface area (Å²) in [6, 6.07) is 4.63. The molecule has 1 heterocycles. The van der Waals surface area contributed by atoms with Crippen molar-refractivity contribution >= 4 is 5.91 Å². The Bertz CT molecular complexity index is 413. The lowest BCUT2D eigenvalue weighted by Gasteiger charge is -2.34. The topological polar surface area (TPSA) is 32.3 Å². The van der Waals surface area contributed by atoms with Crippen LogP contribution in [0.3, 0.4) is 0 Å². The van der Waals surface area contributed by atoms with Crippen LogP contribution in [0.1, 0.15) is 22.8 Å². The van der Waals surface area contributed by atoms with Crippen LogP contribution < -0.4 is 5.32 Å². The lowest BCUT2D eigenvalue weighted by atomic mass is 10.1. The SMILES string of the molecule is Cc1cc(F)cc(C(=O)N2CCNC[C@@H]2C)c1. The molecule has 17 heavy (non-hydrogen) atoms. The van der Waals surface area contributed by atoms with Gasteiger partial charge < -0.3 is 10.2 Å². The molecule has 1 atom stereocenters. The first-order valence-corrected chi connectivity index (χ1v) is 5.87. The summed E-state index contributed by atoms with van der Waals surface area (Å²) in [6.07, 6.45) is 0. The third-order valence-electron chi connectivity index (χ3n) is 3.05. The first kappa shape index (κ1) is 12.0. The van der Waals surface area contributed by atoms with E-state index in [4.69, 9.17) is 0 Å². The Morgan fingerprint density at radius 1 is 1.47 bits per heavy atom. The Hall–Kier alpha value is -1.42. The smallest absolute Gasteiger partial charge is 0.254 e. The van der Waals surface area contributed by atoms with Gasteiger partial charge in [0, 0.05) is 31.2 Å². The van der Waals surface area contributed by atoms with Gasteiger partial charge in [-0.05, 0) is 37.6 Å². The van der Waals surface area contributed by atoms with Crippen molar-refractivity contribution in [1.29, 1.82) is 0 Å². The van der Waals surface area contributed by atoms with Gasteiger partial charge in [-0.3, -0.25) is 4.79 Å². The second-order valence-electron chi connectivity index (χ2n) is 4.57. The fourth-order valence-corrected chi connectivity index (χ4v) is 2.17. The van der Waals surface area contributed by atoms with Crippen molar-refractivity contribution in [1.82, 2.24) is 10.2 Å². The van der Waals surface area contributed by atoms with E-state index in [9.17, 15) is 9.18 Å². The molecule has 1 amide bonds. The van der Waals surface area contributed by atoms with Crippen LogP contribution in [0.25, 0.3) is 0 Å². The zero-order chi connectivity index (χ0) is 12.4. The van der Waals surface area contributed by atoms with Crippen molar-refractivity contribution in [3.8, 4) is 0 Å². The highest BCUT2D eigenvalue weighted by atomic mass is 19.1. The van der Waals surface area contributed by atoms with E-state index in [0.29, 0.717) is 12.1 Å². The van der Waals surface area contributed by atoms with E-state index >= 15 is 0 Å². The molecule has 0 bridgehead atoms. The minimum atomic E-state index is -0.351. The molecule has 1 aliphatic rings. The Morgan fingerprint density at radius 2 is 2.24 bits per heavy atom. The second-order valence-corrected chi connectivity index (χ2v) is 4.57. The molecular formula is C13H17FN2O. The van der Waals surface area contributed by atoms with Crippen LogP contribution in [0.15, 0.2) is 18.2 Å². The van der Waals surface area contributed by atoms with E-state index in [1.54, 1.807) is 17.9 Å². The standard InChI is InChI=1S/C13H17FN2O/c1-9-5-11(7-12(14)6-9)13(17)16-4-3-15-8-10(16)2/h5-7,10,15H,3-4,8H2,1-2H3/t10-/m0/s1. The van der Waals surface area contributed by atoms with E-state index in [1.807, 2.05) is 6.92 Å². The quantitative estimate of drug-likeness (QED) is 0.802. The van der Waals surface area contributed by atoms with Crippen LogP contribution in [0.2, 0.25) is 0 Å². The highest BCUT2D eigenvalue weighted by molar-refractivity contribution is 5.94. The molecule has 0 aliphatic carbocycles. The zero-order valence-corrected chi connectivity index (χ0v) is 10.2. The number of aryl methyl sites for hydroxylation is 1. The molecule has 0 spiro atoms. The maximum absolute atomic E-state index is 13.3. The third kappa shape index (κ3) is 2.64. The molecule has 1 aromatic rings. The minimum Gasteiger partial charge on any atom is -0.333 e. The van der Waals surface area contributed by atoms with Crippen LogP contribution in [-0.2, 0) is 0 Å². The summed E-state index contributed by atoms with van der Waals surface area (Å²) in [7, 11) is 0. The van der Waals surface area contributed by atoms with Crippen molar-refractivity contribution < 1.29 is 9.18 Å². The highest BCUT2D eigenvalue weighted by Crippen LogP contribution is 2.13. The molecule has 1 saturated heterocycles. The summed E-state index contributed by atoms with van der Waals surface area (Å²) >= 11 is 0. The normalized spacial score (nSPS) is 20.4. The number of amides is 1. The summed E-state index contributed by atoms with van der Waals surface area (Å²) < 4.78 is 13.3. The summed E-state index contributed by atoms with van der Waals surface area (Å²) in [6.45, 7) is 6.05. The molecule has 0 unspecified atom stereocenters. The number of carbonyl (C=O) groups is 1. The Morgan fingerprint density at radius 3 is 2.88 bits per heavy atom. The number of halogens is 1. The maximum atomic E-state index is 13.3. The first-order valence-electron chi connectivity index (χ1n) is 5.87. The average molecular weight is 236 g/mol. The molecule has 1 fully saturated rings. The van der Waals surface area contributed by atoms with Gasteiger partial charge in [-0.1, -0.05) is 0 Å². The summed E-state index contributed by atoms with van der Waals surface area (Å²) in [4.78, 5) is 14.0. The van der Waals surface area contributed by atoms with E-state index < -0.39 is 0 Å². The summed E-state index contributed by atoms with van der Waals surface area (Å²) in [5, 5.41) is 3.23. The van der Waals surface area contributed by atoms with Gasteiger partial charge in [0.1, 0.15) is 5.82 Å². The molecular weight excluding hydrogens is 219 g/mol. The largest absolute Gasteiger partial charge is 0.333 e. The average Bonchev–Trinajstić information content (AvgIpc) is 2.27. The zero-order valence-electron chi connectivity index (χ0n) is 10.2. The van der Waals surface area contributed by atoms with Crippen LogP contribution in [0, 0.1) is 12.7 Å². The molecule has 1 N–H and O–H groups in total. The van der Waals surface area contributed by atoms with Crippen molar-refractivity contribution in [2.24, 2.45) is 0 Å². The van der Waals surface area contributed by atoms with Gasteiger partial charge in [0.05, 0.1) is 0 Å². The van der Waals surface area contributed by atoms with E-state index in [1.165, 1.54) is 12.1 Å². The molecule has 1 aliphatic heterocycles. The van der Waals surface area contributed by atoms with Crippen molar-refractivity contribution in [2.75, 3.05) is 19.6 Å². The predicted molar refractivity (Wildman–Crippen MR) is 64.5 cm³/mol. The fraction of sp³-hybridized carbons (Fsp3) is 0.462. The maximum Gasteiger partial charge on any atom is 0.254 e. The Labute approximate surface area is 101 Å². The lowest BCUT2D eigenvalue weighted by molar-refractivity contribution is 0.0655. The monoisotopic (exact) mass is 236 g/mol. The molecule has 0 radical (unpaired) electrons. The van der Waals surface area contributed by atoms with E-state index in [2.05, 4.69) is 5.32 Å². The predicted octanol–water partition coefficient (Wildman–Crippen LogP) is 1.57.